The summed E-state index contributed by atoms with van der Waals surface area (Å²) in [5.74, 6) is -0.566. The zero-order chi connectivity index (χ0) is 18.0. The van der Waals surface area contributed by atoms with Crippen LogP contribution in [0.25, 0.3) is 0 Å². The van der Waals surface area contributed by atoms with Gasteiger partial charge in [-0.3, -0.25) is 9.59 Å². The van der Waals surface area contributed by atoms with Crippen molar-refractivity contribution in [3.05, 3.63) is 57.8 Å². The highest BCUT2D eigenvalue weighted by molar-refractivity contribution is 9.10. The molecule has 0 radical (unpaired) electrons. The molecular weight excluding hydrogens is 387 g/mol. The maximum absolute atomic E-state index is 13.7. The summed E-state index contributed by atoms with van der Waals surface area (Å²) in [7, 11) is 0. The number of nitrogens with one attached hydrogen (secondary N) is 1. The Bertz CT molecular complexity index is 838. The van der Waals surface area contributed by atoms with Crippen LogP contribution in [-0.2, 0) is 22.4 Å². The summed E-state index contributed by atoms with van der Waals surface area (Å²) in [6.45, 7) is 2.13. The van der Waals surface area contributed by atoms with Gasteiger partial charge in [-0.15, -0.1) is 0 Å². The van der Waals surface area contributed by atoms with Crippen LogP contribution >= 0.6 is 15.9 Å². The number of fused-ring (bicyclic) bond motifs is 1. The van der Waals surface area contributed by atoms with E-state index in [2.05, 4.69) is 21.2 Å². The fraction of sp³-hybridized carbons (Fsp3) is 0.263. The van der Waals surface area contributed by atoms with Crippen LogP contribution in [0.2, 0.25) is 0 Å². The second-order valence-corrected chi connectivity index (χ2v) is 6.94. The summed E-state index contributed by atoms with van der Waals surface area (Å²) < 4.78 is 14.5. The van der Waals surface area contributed by atoms with Gasteiger partial charge in [-0.2, -0.15) is 0 Å². The second-order valence-electron chi connectivity index (χ2n) is 6.02. The van der Waals surface area contributed by atoms with Gasteiger partial charge in [0.1, 0.15) is 5.82 Å². The summed E-state index contributed by atoms with van der Waals surface area (Å²) in [6, 6.07) is 10.2. The lowest BCUT2D eigenvalue weighted by molar-refractivity contribution is -0.117. The molecule has 130 valence electrons. The summed E-state index contributed by atoms with van der Waals surface area (Å²) in [5.41, 5.74) is 2.90. The van der Waals surface area contributed by atoms with Crippen LogP contribution in [0.4, 0.5) is 15.8 Å². The summed E-state index contributed by atoms with van der Waals surface area (Å²) in [4.78, 5) is 25.8. The average molecular weight is 405 g/mol. The zero-order valence-corrected chi connectivity index (χ0v) is 15.4. The maximum Gasteiger partial charge on any atom is 0.224 e. The molecule has 0 saturated heterocycles. The Hall–Kier alpha value is -2.21. The van der Waals surface area contributed by atoms with Gasteiger partial charge in [0, 0.05) is 24.4 Å². The van der Waals surface area contributed by atoms with Crippen molar-refractivity contribution >= 4 is 39.1 Å². The van der Waals surface area contributed by atoms with E-state index < -0.39 is 0 Å². The Balaban J connectivity index is 1.76. The third kappa shape index (κ3) is 3.90. The lowest BCUT2D eigenvalue weighted by Gasteiger charge is -2.19. The van der Waals surface area contributed by atoms with Gasteiger partial charge in [0.25, 0.3) is 0 Å². The Labute approximate surface area is 154 Å². The van der Waals surface area contributed by atoms with E-state index in [-0.39, 0.29) is 24.1 Å². The van der Waals surface area contributed by atoms with Gasteiger partial charge in [0.15, 0.2) is 0 Å². The molecular formula is C19H18BrFN2O2. The summed E-state index contributed by atoms with van der Waals surface area (Å²) >= 11 is 3.44. The van der Waals surface area contributed by atoms with E-state index in [1.165, 1.54) is 13.0 Å². The van der Waals surface area contributed by atoms with Gasteiger partial charge in [-0.1, -0.05) is 34.1 Å². The molecule has 1 heterocycles. The molecule has 4 nitrogen and oxygen atoms in total. The number of aryl methyl sites for hydroxylation is 1. The maximum atomic E-state index is 13.7. The quantitative estimate of drug-likeness (QED) is 0.834. The van der Waals surface area contributed by atoms with Crippen LogP contribution in [-0.4, -0.2) is 18.4 Å². The highest BCUT2D eigenvalue weighted by atomic mass is 79.9. The normalized spacial score (nSPS) is 12.8. The van der Waals surface area contributed by atoms with Crippen LogP contribution in [0.1, 0.15) is 24.5 Å². The molecule has 1 aliphatic heterocycles. The minimum Gasteiger partial charge on any atom is -0.324 e. The number of carbonyl (C=O) groups is 2. The van der Waals surface area contributed by atoms with E-state index in [1.807, 2.05) is 6.07 Å². The number of hydrogen-bond donors (Lipinski definition) is 1. The zero-order valence-electron chi connectivity index (χ0n) is 13.8. The molecule has 1 aliphatic rings. The smallest absolute Gasteiger partial charge is 0.224 e. The molecule has 0 saturated carbocycles. The lowest BCUT2D eigenvalue weighted by Crippen LogP contribution is -2.27. The van der Waals surface area contributed by atoms with E-state index in [4.69, 9.17) is 0 Å². The number of halogens is 2. The van der Waals surface area contributed by atoms with Crippen LogP contribution in [0.3, 0.4) is 0 Å². The third-order valence-electron chi connectivity index (χ3n) is 4.26. The van der Waals surface area contributed by atoms with Crippen LogP contribution in [0.15, 0.2) is 40.9 Å². The van der Waals surface area contributed by atoms with Crippen molar-refractivity contribution in [2.75, 3.05) is 16.8 Å². The fourth-order valence-corrected chi connectivity index (χ4v) is 3.59. The molecule has 2 aromatic rings. The Morgan fingerprint density at radius 2 is 2.04 bits per heavy atom. The highest BCUT2D eigenvalue weighted by Gasteiger charge is 2.26. The molecule has 0 aromatic heterocycles. The van der Waals surface area contributed by atoms with Gasteiger partial charge in [-0.25, -0.2) is 4.39 Å². The molecule has 2 aromatic carbocycles. The molecule has 0 unspecified atom stereocenters. The first-order chi connectivity index (χ1) is 12.0. The Kier molecular flexibility index (Phi) is 5.18. The lowest BCUT2D eigenvalue weighted by atomic mass is 10.1. The number of nitrogens with zero attached hydrogens (tertiary/aromatic N) is 1. The van der Waals surface area contributed by atoms with Gasteiger partial charge in [0.2, 0.25) is 11.8 Å². The number of benzene rings is 2. The van der Waals surface area contributed by atoms with E-state index in [9.17, 15) is 14.0 Å². The standard InChI is InChI=1S/C19H18BrFN2O2/c1-12(24)23-9-8-14-10-15(20)11-17(19(14)23)22-18(25)7-6-13-4-2-3-5-16(13)21/h2-5,10-11H,6-9H2,1H3,(H,22,25). The van der Waals surface area contributed by atoms with Crippen molar-refractivity contribution in [1.82, 2.24) is 0 Å². The largest absolute Gasteiger partial charge is 0.324 e. The molecule has 0 bridgehead atoms. The van der Waals surface area contributed by atoms with Crippen LogP contribution < -0.4 is 10.2 Å². The predicted octanol–water partition coefficient (Wildman–Crippen LogP) is 4.07. The van der Waals surface area contributed by atoms with Crippen LogP contribution in [0.5, 0.6) is 0 Å². The second kappa shape index (κ2) is 7.35. The van der Waals surface area contributed by atoms with E-state index >= 15 is 0 Å². The van der Waals surface area contributed by atoms with Crippen molar-refractivity contribution in [3.8, 4) is 0 Å². The van der Waals surface area contributed by atoms with E-state index in [0.29, 0.717) is 24.2 Å². The fourth-order valence-electron chi connectivity index (χ4n) is 3.08. The molecule has 0 atom stereocenters. The van der Waals surface area contributed by atoms with Crippen molar-refractivity contribution in [3.63, 3.8) is 0 Å². The average Bonchev–Trinajstić information content (AvgIpc) is 2.98. The number of carbonyl (C=O) groups excluding carboxylic acids is 2. The van der Waals surface area contributed by atoms with Gasteiger partial charge in [0.05, 0.1) is 11.4 Å². The Morgan fingerprint density at radius 1 is 1.28 bits per heavy atom. The van der Waals surface area contributed by atoms with Crippen molar-refractivity contribution in [2.24, 2.45) is 0 Å². The number of anilines is 2. The molecule has 6 heteroatoms. The summed E-state index contributed by atoms with van der Waals surface area (Å²) in [5, 5.41) is 2.87. The summed E-state index contributed by atoms with van der Waals surface area (Å²) in [6.07, 6.45) is 1.25. The molecule has 0 aliphatic carbocycles. The van der Waals surface area contributed by atoms with Crippen LogP contribution in [0, 0.1) is 5.82 Å². The molecule has 25 heavy (non-hydrogen) atoms. The Morgan fingerprint density at radius 3 is 2.76 bits per heavy atom. The molecule has 0 spiro atoms. The van der Waals surface area contributed by atoms with E-state index in [1.54, 1.807) is 29.2 Å². The first kappa shape index (κ1) is 17.6. The topological polar surface area (TPSA) is 49.4 Å². The van der Waals surface area contributed by atoms with E-state index in [0.717, 1.165) is 22.1 Å². The van der Waals surface area contributed by atoms with Gasteiger partial charge in [-0.05, 0) is 42.2 Å². The monoisotopic (exact) mass is 404 g/mol. The number of amides is 2. The highest BCUT2D eigenvalue weighted by Crippen LogP contribution is 2.38. The molecule has 1 N–H and O–H groups in total. The SMILES string of the molecule is CC(=O)N1CCc2cc(Br)cc(NC(=O)CCc3ccccc3F)c21. The van der Waals surface area contributed by atoms with Gasteiger partial charge < -0.3 is 10.2 Å². The first-order valence-corrected chi connectivity index (χ1v) is 8.89. The predicted molar refractivity (Wildman–Crippen MR) is 99.2 cm³/mol. The van der Waals surface area contributed by atoms with Crippen molar-refractivity contribution < 1.29 is 14.0 Å². The number of hydrogen-bond acceptors (Lipinski definition) is 2. The minimum absolute atomic E-state index is 0.0528. The molecule has 3 rings (SSSR count). The van der Waals surface area contributed by atoms with Crippen molar-refractivity contribution in [1.29, 1.82) is 0 Å². The first-order valence-electron chi connectivity index (χ1n) is 8.09. The van der Waals surface area contributed by atoms with Gasteiger partial charge >= 0.3 is 0 Å². The molecule has 0 fully saturated rings. The molecule has 2 amide bonds. The number of rotatable bonds is 4. The minimum atomic E-state index is -0.304. The third-order valence-corrected chi connectivity index (χ3v) is 4.72. The van der Waals surface area contributed by atoms with Crippen molar-refractivity contribution in [2.45, 2.75) is 26.2 Å².